The topological polar surface area (TPSA) is 69.8 Å². The van der Waals surface area contributed by atoms with Crippen molar-refractivity contribution in [3.63, 3.8) is 0 Å². The van der Waals surface area contributed by atoms with Gasteiger partial charge in [0.1, 0.15) is 23.5 Å². The number of aliphatic hydroxyl groups is 1. The first-order valence-electron chi connectivity index (χ1n) is 8.86. The Morgan fingerprint density at radius 1 is 1.07 bits per heavy atom. The van der Waals surface area contributed by atoms with Gasteiger partial charge in [0.2, 0.25) is 0 Å². The first kappa shape index (κ1) is 21.2. The number of aliphatic imine (C=N–C) groups is 1. The summed E-state index contributed by atoms with van der Waals surface area (Å²) in [5.74, 6) is 1.45. The van der Waals surface area contributed by atoms with Gasteiger partial charge in [-0.15, -0.1) is 24.0 Å². The molecule has 144 valence electrons. The highest BCUT2D eigenvalue weighted by Gasteiger charge is 2.22. The molecule has 0 fully saturated rings. The third-order valence-electron chi connectivity index (χ3n) is 4.21. The average Bonchev–Trinajstić information content (AvgIpc) is 3.08. The highest BCUT2D eigenvalue weighted by Crippen LogP contribution is 2.20. The fraction of sp³-hybridized carbons (Fsp3) is 0.286. The Kier molecular flexibility index (Phi) is 7.67. The summed E-state index contributed by atoms with van der Waals surface area (Å²) < 4.78 is 5.80. The lowest BCUT2D eigenvalue weighted by molar-refractivity contribution is 0.0617. The largest absolute Gasteiger partial charge is 0.459 e. The van der Waals surface area contributed by atoms with Gasteiger partial charge in [-0.05, 0) is 31.5 Å². The van der Waals surface area contributed by atoms with Crippen molar-refractivity contribution in [2.24, 2.45) is 4.99 Å². The summed E-state index contributed by atoms with van der Waals surface area (Å²) in [6.45, 7) is 5.31. The van der Waals surface area contributed by atoms with Crippen LogP contribution in [0.5, 0.6) is 0 Å². The molecule has 0 aliphatic carbocycles. The molecule has 5 nitrogen and oxygen atoms in total. The van der Waals surface area contributed by atoms with Crippen LogP contribution in [-0.4, -0.2) is 24.2 Å². The van der Waals surface area contributed by atoms with E-state index in [-0.39, 0.29) is 24.0 Å². The number of guanidine groups is 1. The first-order chi connectivity index (χ1) is 12.6. The molecular formula is C21H26IN3O2. The highest BCUT2D eigenvalue weighted by molar-refractivity contribution is 14.0. The zero-order valence-corrected chi connectivity index (χ0v) is 17.9. The molecule has 1 heterocycles. The third kappa shape index (κ3) is 5.71. The van der Waals surface area contributed by atoms with E-state index >= 15 is 0 Å². The van der Waals surface area contributed by atoms with Crippen molar-refractivity contribution in [3.05, 3.63) is 72.0 Å². The lowest BCUT2D eigenvalue weighted by Gasteiger charge is -2.25. The molecule has 0 radical (unpaired) electrons. The molecule has 1 aromatic heterocycles. The Hall–Kier alpha value is -2.06. The second kappa shape index (κ2) is 9.75. The monoisotopic (exact) mass is 479 g/mol. The van der Waals surface area contributed by atoms with Gasteiger partial charge in [-0.3, -0.25) is 0 Å². The van der Waals surface area contributed by atoms with Crippen LogP contribution in [0, 0.1) is 0 Å². The minimum Gasteiger partial charge on any atom is -0.459 e. The fourth-order valence-corrected chi connectivity index (χ4v) is 2.77. The predicted molar refractivity (Wildman–Crippen MR) is 120 cm³/mol. The normalized spacial score (nSPS) is 13.7. The molecule has 1 unspecified atom stereocenters. The summed E-state index contributed by atoms with van der Waals surface area (Å²) in [5.41, 5.74) is 0.736. The number of fused-ring (bicyclic) bond motifs is 1. The van der Waals surface area contributed by atoms with Crippen LogP contribution in [0.3, 0.4) is 0 Å². The van der Waals surface area contributed by atoms with E-state index in [0.29, 0.717) is 19.0 Å². The zero-order chi connectivity index (χ0) is 18.4. The molecule has 3 aromatic rings. The van der Waals surface area contributed by atoms with Crippen molar-refractivity contribution in [2.45, 2.75) is 26.0 Å². The maximum Gasteiger partial charge on any atom is 0.191 e. The van der Waals surface area contributed by atoms with Crippen LogP contribution >= 0.6 is 24.0 Å². The molecular weight excluding hydrogens is 453 g/mol. The van der Waals surface area contributed by atoms with Crippen LogP contribution in [0.4, 0.5) is 0 Å². The summed E-state index contributed by atoms with van der Waals surface area (Å²) in [5, 5.41) is 18.2. The number of nitrogens with zero attached hydrogens (tertiary/aromatic N) is 1. The van der Waals surface area contributed by atoms with Gasteiger partial charge < -0.3 is 20.2 Å². The molecule has 0 aliphatic heterocycles. The summed E-state index contributed by atoms with van der Waals surface area (Å²) in [7, 11) is 0. The van der Waals surface area contributed by atoms with E-state index < -0.39 is 5.60 Å². The maximum atomic E-state index is 10.7. The Morgan fingerprint density at radius 2 is 1.78 bits per heavy atom. The van der Waals surface area contributed by atoms with Crippen molar-refractivity contribution < 1.29 is 9.52 Å². The molecule has 0 saturated carbocycles. The zero-order valence-electron chi connectivity index (χ0n) is 15.6. The summed E-state index contributed by atoms with van der Waals surface area (Å²) >= 11 is 0. The number of hydrogen-bond acceptors (Lipinski definition) is 3. The second-order valence-corrected chi connectivity index (χ2v) is 6.44. The Balaban J connectivity index is 0.00000261. The van der Waals surface area contributed by atoms with Crippen LogP contribution in [0.25, 0.3) is 11.0 Å². The van der Waals surface area contributed by atoms with E-state index in [1.807, 2.05) is 67.6 Å². The van der Waals surface area contributed by atoms with Crippen LogP contribution < -0.4 is 10.6 Å². The highest BCUT2D eigenvalue weighted by atomic mass is 127. The smallest absolute Gasteiger partial charge is 0.191 e. The molecule has 0 spiro atoms. The number of benzene rings is 2. The van der Waals surface area contributed by atoms with Gasteiger partial charge >= 0.3 is 0 Å². The quantitative estimate of drug-likeness (QED) is 0.284. The van der Waals surface area contributed by atoms with E-state index in [1.165, 1.54) is 0 Å². The molecule has 2 aromatic carbocycles. The van der Waals surface area contributed by atoms with Gasteiger partial charge in [0.05, 0.1) is 6.54 Å². The molecule has 6 heteroatoms. The number of hydrogen-bond donors (Lipinski definition) is 3. The van der Waals surface area contributed by atoms with Crippen LogP contribution in [-0.2, 0) is 12.1 Å². The fourth-order valence-electron chi connectivity index (χ4n) is 2.77. The summed E-state index contributed by atoms with van der Waals surface area (Å²) in [6.07, 6.45) is 0. The SMILES string of the molecule is CCNC(=NCc1cc2ccccc2o1)NCC(C)(O)c1ccccc1.I. The molecule has 3 rings (SSSR count). The lowest BCUT2D eigenvalue weighted by atomic mass is 9.96. The molecule has 27 heavy (non-hydrogen) atoms. The van der Waals surface area contributed by atoms with E-state index in [1.54, 1.807) is 6.92 Å². The van der Waals surface area contributed by atoms with Gasteiger partial charge in [-0.2, -0.15) is 0 Å². The number of para-hydroxylation sites is 1. The van der Waals surface area contributed by atoms with Gasteiger partial charge in [0, 0.05) is 11.9 Å². The molecule has 3 N–H and O–H groups in total. The predicted octanol–water partition coefficient (Wildman–Crippen LogP) is 4.01. The lowest BCUT2D eigenvalue weighted by Crippen LogP contribution is -2.44. The number of furan rings is 1. The van der Waals surface area contributed by atoms with Crippen molar-refractivity contribution in [3.8, 4) is 0 Å². The minimum absolute atomic E-state index is 0. The number of rotatable bonds is 6. The first-order valence-corrected chi connectivity index (χ1v) is 8.86. The van der Waals surface area contributed by atoms with E-state index in [2.05, 4.69) is 15.6 Å². The number of halogens is 1. The minimum atomic E-state index is -0.989. The summed E-state index contributed by atoms with van der Waals surface area (Å²) in [4.78, 5) is 4.57. The Labute approximate surface area is 176 Å². The van der Waals surface area contributed by atoms with E-state index in [4.69, 9.17) is 4.42 Å². The van der Waals surface area contributed by atoms with Gasteiger partial charge in [0.15, 0.2) is 5.96 Å². The van der Waals surface area contributed by atoms with Crippen LogP contribution in [0.15, 0.2) is 70.1 Å². The maximum absolute atomic E-state index is 10.7. The van der Waals surface area contributed by atoms with Crippen LogP contribution in [0.1, 0.15) is 25.2 Å². The van der Waals surface area contributed by atoms with Crippen molar-refractivity contribution in [2.75, 3.05) is 13.1 Å². The molecule has 0 saturated heterocycles. The Morgan fingerprint density at radius 3 is 2.48 bits per heavy atom. The van der Waals surface area contributed by atoms with E-state index in [9.17, 15) is 5.11 Å². The summed E-state index contributed by atoms with van der Waals surface area (Å²) in [6, 6.07) is 19.5. The van der Waals surface area contributed by atoms with Crippen molar-refractivity contribution in [1.29, 1.82) is 0 Å². The molecule has 0 aliphatic rings. The molecule has 0 amide bonds. The van der Waals surface area contributed by atoms with Gasteiger partial charge in [-0.1, -0.05) is 48.5 Å². The van der Waals surface area contributed by atoms with E-state index in [0.717, 1.165) is 28.8 Å². The second-order valence-electron chi connectivity index (χ2n) is 6.44. The van der Waals surface area contributed by atoms with Crippen molar-refractivity contribution in [1.82, 2.24) is 10.6 Å². The molecule has 0 bridgehead atoms. The third-order valence-corrected chi connectivity index (χ3v) is 4.21. The van der Waals surface area contributed by atoms with Gasteiger partial charge in [0.25, 0.3) is 0 Å². The Bertz CT molecular complexity index is 842. The molecule has 1 atom stereocenters. The number of nitrogens with one attached hydrogen (secondary N) is 2. The van der Waals surface area contributed by atoms with Gasteiger partial charge in [-0.25, -0.2) is 4.99 Å². The standard InChI is InChI=1S/C21H25N3O2.HI/c1-3-22-20(24-15-21(2,25)17-10-5-4-6-11-17)23-14-18-13-16-9-7-8-12-19(16)26-18;/h4-13,25H,3,14-15H2,1-2H3,(H2,22,23,24);1H. The van der Waals surface area contributed by atoms with Crippen LogP contribution in [0.2, 0.25) is 0 Å². The average molecular weight is 479 g/mol. The van der Waals surface area contributed by atoms with Crippen molar-refractivity contribution >= 4 is 40.9 Å².